The molecule has 0 heterocycles. The molecule has 0 spiro atoms. The van der Waals surface area contributed by atoms with E-state index in [0.717, 1.165) is 6.08 Å². The second-order valence-corrected chi connectivity index (χ2v) is 0.689. The van der Waals surface area contributed by atoms with Crippen LogP contribution in [0.1, 0.15) is 2.85 Å². The van der Waals surface area contributed by atoms with Gasteiger partial charge in [0, 0.05) is 6.08 Å². The van der Waals surface area contributed by atoms with Crippen molar-refractivity contribution >= 4 is 43.7 Å². The van der Waals surface area contributed by atoms with Crippen molar-refractivity contribution in [2.75, 3.05) is 0 Å². The first kappa shape index (κ1) is 10.9. The van der Waals surface area contributed by atoms with Crippen molar-refractivity contribution in [3.63, 3.8) is 0 Å². The Morgan fingerprint density at radius 3 is 2.50 bits per heavy atom. The number of carbonyl (C=O) groups excluding carboxylic acids is 1. The molecule has 0 saturated heterocycles. The predicted octanol–water partition coefficient (Wildman–Crippen LogP) is 0.241. The van der Waals surface area contributed by atoms with E-state index in [1.54, 1.807) is 0 Å². The Hall–Kier alpha value is 0.0697. The fourth-order valence-corrected chi connectivity index (χ4v) is 0.0740. The van der Waals surface area contributed by atoms with Crippen LogP contribution in [0.2, 0.25) is 0 Å². The van der Waals surface area contributed by atoms with Gasteiger partial charge in [0.2, 0.25) is 0 Å². The molecule has 0 rings (SSSR count). The maximum Gasteiger partial charge on any atom is 2.00 e. The van der Waals surface area contributed by atoms with Crippen molar-refractivity contribution in [3.05, 3.63) is 17.6 Å². The summed E-state index contributed by atoms with van der Waals surface area (Å²) >= 11 is 0. The van der Waals surface area contributed by atoms with Gasteiger partial charge in [-0.1, -0.05) is 6.58 Å². The molecule has 0 saturated carbocycles. The summed E-state index contributed by atoms with van der Waals surface area (Å²) in [7, 11) is 0. The third-order valence-corrected chi connectivity index (χ3v) is 0.294. The quantitative estimate of drug-likeness (QED) is 0.241. The summed E-state index contributed by atoms with van der Waals surface area (Å²) in [5.41, 5.74) is 0. The van der Waals surface area contributed by atoms with Gasteiger partial charge in [-0.3, -0.25) is 4.84 Å². The second kappa shape index (κ2) is 7.07. The van der Waals surface area contributed by atoms with Crippen molar-refractivity contribution in [1.29, 1.82) is 0 Å². The number of carbonyl (C=O) groups is 1. The Kier molecular flexibility index (Phi) is 9.67. The number of rotatable bonds is 2. The van der Waals surface area contributed by atoms with Gasteiger partial charge in [-0.15, -0.1) is 4.91 Å². The molecule has 42 valence electrons. The van der Waals surface area contributed by atoms with Gasteiger partial charge < -0.3 is 2.85 Å². The minimum absolute atomic E-state index is 0. The van der Waals surface area contributed by atoms with Gasteiger partial charge in [0.1, 0.15) is 0 Å². The van der Waals surface area contributed by atoms with Gasteiger partial charge >= 0.3 is 43.7 Å². The van der Waals surface area contributed by atoms with E-state index in [1.807, 2.05) is 5.34 Å². The van der Waals surface area contributed by atoms with Crippen LogP contribution in [-0.2, 0) is 9.63 Å². The summed E-state index contributed by atoms with van der Waals surface area (Å²) < 4.78 is 0. The molecule has 0 aromatic rings. The largest absolute Gasteiger partial charge is 2.00 e. The number of nitrogens with zero attached hydrogens (tertiary/aromatic N) is 1. The third-order valence-electron chi connectivity index (χ3n) is 0.294. The van der Waals surface area contributed by atoms with Crippen LogP contribution < -0.4 is 0 Å². The maximum absolute atomic E-state index is 9.78. The molecule has 0 aromatic carbocycles. The number of hydrogen-bond acceptors (Lipinski definition) is 4. The molecule has 0 amide bonds. The van der Waals surface area contributed by atoms with E-state index in [9.17, 15) is 4.79 Å². The van der Waals surface area contributed by atoms with Crippen molar-refractivity contribution in [3.8, 4) is 0 Å². The van der Waals surface area contributed by atoms with Crippen molar-refractivity contribution in [2.45, 2.75) is 0 Å². The first-order valence-electron chi connectivity index (χ1n) is 1.47. The van der Waals surface area contributed by atoms with E-state index in [1.165, 1.54) is 0 Å². The van der Waals surface area contributed by atoms with Gasteiger partial charge in [0.05, 0.1) is 0 Å². The first-order chi connectivity index (χ1) is 3.31. The molecule has 0 atom stereocenters. The van der Waals surface area contributed by atoms with Gasteiger partial charge in [-0.2, -0.15) is 0 Å². The zero-order chi connectivity index (χ0) is 5.70. The summed E-state index contributed by atoms with van der Waals surface area (Å²) in [6.07, 6.45) is 0.849. The van der Waals surface area contributed by atoms with E-state index in [-0.39, 0.29) is 40.6 Å². The Labute approximate surface area is 78.8 Å². The van der Waals surface area contributed by atoms with Gasteiger partial charge in [-0.05, 0) is 0 Å². The average Bonchev–Trinajstić information content (AvgIpc) is 1.68. The van der Waals surface area contributed by atoms with E-state index < -0.39 is 5.97 Å². The van der Waals surface area contributed by atoms with Crippen molar-refractivity contribution < 1.29 is 12.5 Å². The van der Waals surface area contributed by atoms with Crippen LogP contribution >= 0.6 is 0 Å². The van der Waals surface area contributed by atoms with Crippen LogP contribution in [0.25, 0.3) is 0 Å². The van der Waals surface area contributed by atoms with E-state index >= 15 is 0 Å². The minimum Gasteiger partial charge on any atom is -1.00 e. The summed E-state index contributed by atoms with van der Waals surface area (Å²) in [5.74, 6) is -0.838. The Balaban J connectivity index is -0.0000000600. The Morgan fingerprint density at radius 2 is 2.38 bits per heavy atom. The molecular weight excluding hydrogens is 138 g/mol. The van der Waals surface area contributed by atoms with Gasteiger partial charge in [-0.25, -0.2) is 4.79 Å². The fourth-order valence-electron chi connectivity index (χ4n) is 0.0740. The van der Waals surface area contributed by atoms with Crippen LogP contribution in [0.15, 0.2) is 18.0 Å². The van der Waals surface area contributed by atoms with Crippen LogP contribution in [0.4, 0.5) is 0 Å². The maximum atomic E-state index is 9.78. The summed E-state index contributed by atoms with van der Waals surface area (Å²) in [4.78, 5) is 22.3. The van der Waals surface area contributed by atoms with Crippen LogP contribution in [-0.4, -0.2) is 43.7 Å². The fraction of sp³-hybridized carbons (Fsp3) is 0. The molecule has 0 aromatic heterocycles. The first-order valence-corrected chi connectivity index (χ1v) is 1.47. The number of hydrogen-bond donors (Lipinski definition) is 0. The van der Waals surface area contributed by atoms with Gasteiger partial charge in [0.15, 0.2) is 5.34 Å². The summed E-state index contributed by atoms with van der Waals surface area (Å²) in [5, 5.41) is 1.84. The molecule has 8 heavy (non-hydrogen) atoms. The standard InChI is InChI=1S/C3H3NO3.Ca.2H/c1-2-3(5)7-4-6;;;/h2H,1H2;;;/q;+2;2*-1. The molecule has 0 N–H and O–H groups in total. The molecule has 0 fully saturated rings. The molecule has 4 nitrogen and oxygen atoms in total. The SMILES string of the molecule is C=CC(=O)ON=O.[Ca+2].[H-].[H-]. The normalized spacial score (nSPS) is 6.00. The zero-order valence-corrected chi connectivity index (χ0v) is 6.37. The molecule has 0 aliphatic heterocycles. The monoisotopic (exact) mass is 143 g/mol. The van der Waals surface area contributed by atoms with E-state index in [2.05, 4.69) is 11.4 Å². The zero-order valence-electron chi connectivity index (χ0n) is 6.16. The molecule has 5 heteroatoms. The van der Waals surface area contributed by atoms with Crippen LogP contribution in [0.3, 0.4) is 0 Å². The molecule has 0 radical (unpaired) electrons. The van der Waals surface area contributed by atoms with E-state index in [0.29, 0.717) is 0 Å². The van der Waals surface area contributed by atoms with Gasteiger partial charge in [0.25, 0.3) is 0 Å². The second-order valence-electron chi connectivity index (χ2n) is 0.689. The van der Waals surface area contributed by atoms with Crippen LogP contribution in [0.5, 0.6) is 0 Å². The Morgan fingerprint density at radius 1 is 1.88 bits per heavy atom. The molecule has 0 aliphatic rings. The Bertz CT molecular complexity index is 110. The van der Waals surface area contributed by atoms with Crippen molar-refractivity contribution in [2.24, 2.45) is 5.34 Å². The summed E-state index contributed by atoms with van der Waals surface area (Å²) in [6, 6.07) is 0. The topological polar surface area (TPSA) is 55.7 Å². The predicted molar refractivity (Wildman–Crippen MR) is 30.1 cm³/mol. The summed E-state index contributed by atoms with van der Waals surface area (Å²) in [6.45, 7) is 3.01. The van der Waals surface area contributed by atoms with Crippen molar-refractivity contribution in [1.82, 2.24) is 0 Å². The minimum atomic E-state index is -0.838. The van der Waals surface area contributed by atoms with E-state index in [4.69, 9.17) is 4.91 Å². The molecule has 0 bridgehead atoms. The van der Waals surface area contributed by atoms with Crippen LogP contribution in [0, 0.1) is 4.91 Å². The molecule has 0 unspecified atom stereocenters. The molecular formula is C3H5CaNO3. The average molecular weight is 143 g/mol. The molecule has 0 aliphatic carbocycles. The smallest absolute Gasteiger partial charge is 1.00 e. The third kappa shape index (κ3) is 6.07.